The lowest BCUT2D eigenvalue weighted by Crippen LogP contribution is -2.55. The Labute approximate surface area is 168 Å². The second-order valence-corrected chi connectivity index (χ2v) is 7.93. The summed E-state index contributed by atoms with van der Waals surface area (Å²) >= 11 is 0. The molecule has 0 unspecified atom stereocenters. The highest BCUT2D eigenvalue weighted by atomic mass is 16.2. The summed E-state index contributed by atoms with van der Waals surface area (Å²) in [5.74, 6) is 0.507. The maximum atomic E-state index is 12.6. The quantitative estimate of drug-likeness (QED) is 0.339. The number of likely N-dealkylation sites (N-methyl/N-ethyl adjacent to an activating group) is 1. The number of guanidine groups is 1. The molecule has 7 nitrogen and oxygen atoms in total. The Kier molecular flexibility index (Phi) is 7.41. The molecule has 4 N–H and O–H groups in total. The topological polar surface area (TPSA) is 101 Å². The number of amides is 1. The summed E-state index contributed by atoms with van der Waals surface area (Å²) in [6.07, 6.45) is 5.57. The third-order valence-electron chi connectivity index (χ3n) is 5.85. The van der Waals surface area contributed by atoms with Gasteiger partial charge in [0.15, 0.2) is 0 Å². The standard InChI is InChI=1S/C21H32N6O/c1-20(2,24-4)18(28)25-14-21(16-8-6-5-7-9-16)12-10-17(11-13-21)27-19(23-3)26-15-22/h5-9,17,24H,10-14H2,1-4H3,(H,25,28)(H2,23,26,27)/t17-,21-. The van der Waals surface area contributed by atoms with E-state index >= 15 is 0 Å². The molecule has 1 amide bonds. The zero-order chi connectivity index (χ0) is 20.6. The van der Waals surface area contributed by atoms with Gasteiger partial charge < -0.3 is 21.3 Å². The number of nitrogens with zero attached hydrogens (tertiary/aromatic N) is 2. The van der Waals surface area contributed by atoms with Gasteiger partial charge in [-0.05, 0) is 52.1 Å². The van der Waals surface area contributed by atoms with Gasteiger partial charge in [0, 0.05) is 25.0 Å². The minimum Gasteiger partial charge on any atom is -0.359 e. The van der Waals surface area contributed by atoms with Crippen molar-refractivity contribution in [1.29, 1.82) is 5.26 Å². The highest BCUT2D eigenvalue weighted by Crippen LogP contribution is 2.39. The first kappa shape index (κ1) is 21.7. The number of hydrogen-bond acceptors (Lipinski definition) is 4. The van der Waals surface area contributed by atoms with Crippen molar-refractivity contribution in [3.8, 4) is 6.19 Å². The predicted octanol–water partition coefficient (Wildman–Crippen LogP) is 1.63. The number of aliphatic imine (C=N–C) groups is 1. The van der Waals surface area contributed by atoms with Crippen molar-refractivity contribution in [2.45, 2.75) is 56.5 Å². The van der Waals surface area contributed by atoms with Crippen LogP contribution in [0.1, 0.15) is 45.1 Å². The van der Waals surface area contributed by atoms with Crippen LogP contribution in [0.25, 0.3) is 0 Å². The molecule has 0 spiro atoms. The lowest BCUT2D eigenvalue weighted by Gasteiger charge is -2.42. The highest BCUT2D eigenvalue weighted by molar-refractivity contribution is 5.85. The van der Waals surface area contributed by atoms with Gasteiger partial charge in [-0.1, -0.05) is 30.3 Å². The van der Waals surface area contributed by atoms with E-state index in [2.05, 4.69) is 50.5 Å². The maximum absolute atomic E-state index is 12.6. The first-order valence-corrected chi connectivity index (χ1v) is 9.81. The lowest BCUT2D eigenvalue weighted by atomic mass is 9.68. The maximum Gasteiger partial charge on any atom is 0.239 e. The molecule has 1 aliphatic carbocycles. The van der Waals surface area contributed by atoms with Crippen molar-refractivity contribution in [2.75, 3.05) is 20.6 Å². The average Bonchev–Trinajstić information content (AvgIpc) is 2.73. The van der Waals surface area contributed by atoms with Gasteiger partial charge in [-0.3, -0.25) is 4.79 Å². The minimum absolute atomic E-state index is 0.00387. The second-order valence-electron chi connectivity index (χ2n) is 7.93. The van der Waals surface area contributed by atoms with Gasteiger partial charge in [0.1, 0.15) is 0 Å². The second kappa shape index (κ2) is 9.56. The van der Waals surface area contributed by atoms with Crippen molar-refractivity contribution >= 4 is 11.9 Å². The summed E-state index contributed by atoms with van der Waals surface area (Å²) in [6, 6.07) is 10.7. The molecule has 0 aliphatic heterocycles. The molecule has 0 heterocycles. The van der Waals surface area contributed by atoms with Crippen molar-refractivity contribution in [2.24, 2.45) is 4.99 Å². The zero-order valence-electron chi connectivity index (χ0n) is 17.3. The molecule has 0 bridgehead atoms. The zero-order valence-corrected chi connectivity index (χ0v) is 17.3. The molecule has 1 fully saturated rings. The van der Waals surface area contributed by atoms with Gasteiger partial charge in [0.2, 0.25) is 18.1 Å². The molecular weight excluding hydrogens is 352 g/mol. The summed E-state index contributed by atoms with van der Waals surface area (Å²) < 4.78 is 0. The van der Waals surface area contributed by atoms with Crippen molar-refractivity contribution in [3.63, 3.8) is 0 Å². The Balaban J connectivity index is 2.12. The van der Waals surface area contributed by atoms with Gasteiger partial charge in [-0.15, -0.1) is 4.99 Å². The lowest BCUT2D eigenvalue weighted by molar-refractivity contribution is -0.126. The average molecular weight is 385 g/mol. The Bertz CT molecular complexity index is 714. The largest absolute Gasteiger partial charge is 0.359 e. The monoisotopic (exact) mass is 384 g/mol. The Morgan fingerprint density at radius 1 is 1.25 bits per heavy atom. The van der Waals surface area contributed by atoms with Crippen LogP contribution in [0, 0.1) is 11.5 Å². The summed E-state index contributed by atoms with van der Waals surface area (Å²) in [5.41, 5.74) is 0.563. The summed E-state index contributed by atoms with van der Waals surface area (Å²) in [6.45, 7) is 4.37. The molecule has 1 aromatic carbocycles. The summed E-state index contributed by atoms with van der Waals surface area (Å²) in [4.78, 5) is 16.4. The van der Waals surface area contributed by atoms with E-state index in [-0.39, 0.29) is 17.4 Å². The van der Waals surface area contributed by atoms with E-state index in [9.17, 15) is 4.79 Å². The summed E-state index contributed by atoms with van der Waals surface area (Å²) in [5, 5.41) is 21.2. The molecule has 1 aromatic rings. The molecule has 28 heavy (non-hydrogen) atoms. The minimum atomic E-state index is -0.605. The van der Waals surface area contributed by atoms with Crippen molar-refractivity contribution in [1.82, 2.24) is 21.3 Å². The van der Waals surface area contributed by atoms with E-state index in [4.69, 9.17) is 5.26 Å². The predicted molar refractivity (Wildman–Crippen MR) is 112 cm³/mol. The molecular formula is C21H32N6O. The van der Waals surface area contributed by atoms with Crippen LogP contribution in [0.3, 0.4) is 0 Å². The van der Waals surface area contributed by atoms with Crippen LogP contribution < -0.4 is 21.3 Å². The first-order chi connectivity index (χ1) is 13.4. The van der Waals surface area contributed by atoms with E-state index in [0.29, 0.717) is 12.5 Å². The molecule has 7 heteroatoms. The third-order valence-corrected chi connectivity index (χ3v) is 5.85. The van der Waals surface area contributed by atoms with Crippen LogP contribution in [-0.2, 0) is 10.2 Å². The molecule has 2 rings (SSSR count). The fourth-order valence-electron chi connectivity index (χ4n) is 3.66. The third kappa shape index (κ3) is 5.23. The number of carbonyl (C=O) groups is 1. The number of carbonyl (C=O) groups excluding carboxylic acids is 1. The van der Waals surface area contributed by atoms with E-state index < -0.39 is 5.54 Å². The van der Waals surface area contributed by atoms with E-state index in [0.717, 1.165) is 25.7 Å². The number of hydrogen-bond donors (Lipinski definition) is 4. The normalized spacial score (nSPS) is 22.8. The Morgan fingerprint density at radius 3 is 2.43 bits per heavy atom. The highest BCUT2D eigenvalue weighted by Gasteiger charge is 2.38. The number of nitrogens with one attached hydrogen (secondary N) is 4. The molecule has 0 aromatic heterocycles. The van der Waals surface area contributed by atoms with Crippen LogP contribution in [0.15, 0.2) is 35.3 Å². The SMILES string of the molecule is CN/C(=N\C#N)N[C@H]1CC[C@](CNC(=O)C(C)(C)NC)(c2ccccc2)CC1. The molecule has 0 saturated heterocycles. The van der Waals surface area contributed by atoms with E-state index in [1.165, 1.54) is 5.56 Å². The van der Waals surface area contributed by atoms with E-state index in [1.54, 1.807) is 14.1 Å². The van der Waals surface area contributed by atoms with Gasteiger partial charge in [-0.2, -0.15) is 5.26 Å². The van der Waals surface area contributed by atoms with Crippen LogP contribution in [0.5, 0.6) is 0 Å². The van der Waals surface area contributed by atoms with E-state index in [1.807, 2.05) is 26.1 Å². The van der Waals surface area contributed by atoms with Gasteiger partial charge in [0.25, 0.3) is 0 Å². The number of rotatable bonds is 6. The van der Waals surface area contributed by atoms with Gasteiger partial charge in [0.05, 0.1) is 5.54 Å². The fourth-order valence-corrected chi connectivity index (χ4v) is 3.66. The Morgan fingerprint density at radius 2 is 1.89 bits per heavy atom. The molecule has 152 valence electrons. The number of nitriles is 1. The number of benzene rings is 1. The Hall–Kier alpha value is -2.59. The van der Waals surface area contributed by atoms with Gasteiger partial charge in [-0.25, -0.2) is 0 Å². The molecule has 0 atom stereocenters. The van der Waals surface area contributed by atoms with Crippen LogP contribution in [0.4, 0.5) is 0 Å². The van der Waals surface area contributed by atoms with Crippen LogP contribution in [0.2, 0.25) is 0 Å². The van der Waals surface area contributed by atoms with Crippen molar-refractivity contribution in [3.05, 3.63) is 35.9 Å². The molecule has 1 aliphatic rings. The van der Waals surface area contributed by atoms with Crippen LogP contribution in [-0.4, -0.2) is 44.1 Å². The van der Waals surface area contributed by atoms with Crippen LogP contribution >= 0.6 is 0 Å². The van der Waals surface area contributed by atoms with Crippen molar-refractivity contribution < 1.29 is 4.79 Å². The first-order valence-electron chi connectivity index (χ1n) is 9.81. The fraction of sp³-hybridized carbons (Fsp3) is 0.571. The smallest absolute Gasteiger partial charge is 0.239 e. The summed E-state index contributed by atoms with van der Waals surface area (Å²) in [7, 11) is 3.55. The molecule has 1 saturated carbocycles. The molecule has 0 radical (unpaired) electrons. The van der Waals surface area contributed by atoms with Gasteiger partial charge >= 0.3 is 0 Å².